The fraction of sp³-hybridized carbons (Fsp3) is 0.923. The van der Waals surface area contributed by atoms with E-state index in [9.17, 15) is 4.79 Å². The summed E-state index contributed by atoms with van der Waals surface area (Å²) in [6.07, 6.45) is 1.81. The zero-order chi connectivity index (χ0) is 13.4. The monoisotopic (exact) mass is 355 g/mol. The van der Waals surface area contributed by atoms with Crippen molar-refractivity contribution in [3.8, 4) is 0 Å². The van der Waals surface area contributed by atoms with Crippen LogP contribution in [-0.4, -0.2) is 42.0 Å². The Morgan fingerprint density at radius 3 is 2.29 bits per heavy atom. The van der Waals surface area contributed by atoms with Crippen LogP contribution in [0.1, 0.15) is 33.6 Å². The molecular weight excluding hydrogens is 329 g/mol. The normalized spacial score (nSPS) is 15.1. The number of hydrogen-bond donors (Lipinski definition) is 0. The number of rotatable bonds is 8. The van der Waals surface area contributed by atoms with E-state index >= 15 is 0 Å². The summed E-state index contributed by atoms with van der Waals surface area (Å²) < 4.78 is 5.86. The average molecular weight is 355 g/mol. The molecule has 2 atom stereocenters. The number of nitrogens with zero attached hydrogens (tertiary/aromatic N) is 1. The van der Waals surface area contributed by atoms with Gasteiger partial charge < -0.3 is 9.64 Å². The van der Waals surface area contributed by atoms with Gasteiger partial charge in [0.2, 0.25) is 0 Å². The molecule has 3 nitrogen and oxygen atoms in total. The van der Waals surface area contributed by atoms with Crippen LogP contribution >= 0.6 is 22.6 Å². The van der Waals surface area contributed by atoms with Crippen LogP contribution in [0, 0.1) is 11.8 Å². The van der Waals surface area contributed by atoms with Crippen LogP contribution in [0.25, 0.3) is 0 Å². The highest BCUT2D eigenvalue weighted by atomic mass is 127. The van der Waals surface area contributed by atoms with Crippen molar-refractivity contribution in [3.63, 3.8) is 0 Å². The van der Waals surface area contributed by atoms with Crippen LogP contribution in [-0.2, 0) is 9.53 Å². The fourth-order valence-electron chi connectivity index (χ4n) is 1.65. The largest absolute Gasteiger partial charge is 0.465 e. The molecule has 17 heavy (non-hydrogen) atoms. The van der Waals surface area contributed by atoms with Crippen molar-refractivity contribution < 1.29 is 9.53 Å². The number of carbonyl (C=O) groups excluding carboxylic acids is 1. The lowest BCUT2D eigenvalue weighted by molar-refractivity contribution is -0.150. The molecule has 0 aromatic rings. The Bertz CT molecular complexity index is 217. The standard InChI is InChI=1S/C13H26INO2/c1-10(2)12(9-11(3)14)13(16)17-8-6-7-15(4)5/h10-12H,6-9H2,1-5H3. The zero-order valence-electron chi connectivity index (χ0n) is 11.7. The maximum absolute atomic E-state index is 11.9. The van der Waals surface area contributed by atoms with Gasteiger partial charge in [-0.05, 0) is 32.9 Å². The van der Waals surface area contributed by atoms with Crippen molar-refractivity contribution in [1.82, 2.24) is 4.90 Å². The molecule has 0 amide bonds. The number of esters is 1. The molecule has 0 aromatic carbocycles. The van der Waals surface area contributed by atoms with E-state index in [2.05, 4.69) is 48.3 Å². The molecule has 0 fully saturated rings. The number of halogens is 1. The van der Waals surface area contributed by atoms with Gasteiger partial charge in [-0.15, -0.1) is 0 Å². The summed E-state index contributed by atoms with van der Waals surface area (Å²) >= 11 is 2.36. The summed E-state index contributed by atoms with van der Waals surface area (Å²) in [7, 11) is 4.05. The molecule has 102 valence electrons. The molecule has 0 spiro atoms. The highest BCUT2D eigenvalue weighted by molar-refractivity contribution is 14.1. The first-order chi connectivity index (χ1) is 7.84. The molecule has 0 aliphatic carbocycles. The molecule has 0 aromatic heterocycles. The molecule has 2 unspecified atom stereocenters. The summed E-state index contributed by atoms with van der Waals surface area (Å²) in [5.41, 5.74) is 0. The SMILES string of the molecule is CC(I)CC(C(=O)OCCCN(C)C)C(C)C. The van der Waals surface area contributed by atoms with Crippen molar-refractivity contribution in [2.24, 2.45) is 11.8 Å². The molecule has 0 saturated carbocycles. The van der Waals surface area contributed by atoms with Gasteiger partial charge in [-0.3, -0.25) is 4.79 Å². The smallest absolute Gasteiger partial charge is 0.309 e. The second-order valence-corrected chi connectivity index (χ2v) is 7.32. The predicted molar refractivity (Wildman–Crippen MR) is 80.6 cm³/mol. The first-order valence-electron chi connectivity index (χ1n) is 6.30. The summed E-state index contributed by atoms with van der Waals surface area (Å²) in [6.45, 7) is 7.81. The maximum atomic E-state index is 11.9. The second-order valence-electron chi connectivity index (χ2n) is 5.19. The van der Waals surface area contributed by atoms with Crippen LogP contribution in [0.3, 0.4) is 0 Å². The Hall–Kier alpha value is 0.160. The van der Waals surface area contributed by atoms with E-state index in [0.29, 0.717) is 16.4 Å². The molecule has 0 aliphatic rings. The van der Waals surface area contributed by atoms with Crippen LogP contribution in [0.4, 0.5) is 0 Å². The molecule has 0 aliphatic heterocycles. The van der Waals surface area contributed by atoms with Gasteiger partial charge in [0.15, 0.2) is 0 Å². The number of alkyl halides is 1. The van der Waals surface area contributed by atoms with Crippen LogP contribution in [0.15, 0.2) is 0 Å². The van der Waals surface area contributed by atoms with E-state index in [0.717, 1.165) is 19.4 Å². The molecule has 4 heteroatoms. The topological polar surface area (TPSA) is 29.5 Å². The van der Waals surface area contributed by atoms with E-state index < -0.39 is 0 Å². The van der Waals surface area contributed by atoms with Gasteiger partial charge in [-0.1, -0.05) is 43.4 Å². The third kappa shape index (κ3) is 8.83. The third-order valence-electron chi connectivity index (χ3n) is 2.68. The molecule has 0 heterocycles. The zero-order valence-corrected chi connectivity index (χ0v) is 13.9. The van der Waals surface area contributed by atoms with Gasteiger partial charge in [-0.2, -0.15) is 0 Å². The minimum atomic E-state index is -0.0257. The van der Waals surface area contributed by atoms with Crippen LogP contribution < -0.4 is 0 Å². The molecule has 0 rings (SSSR count). The van der Waals surface area contributed by atoms with Gasteiger partial charge in [0.05, 0.1) is 12.5 Å². The highest BCUT2D eigenvalue weighted by Crippen LogP contribution is 2.22. The lowest BCUT2D eigenvalue weighted by Gasteiger charge is -2.20. The van der Waals surface area contributed by atoms with Gasteiger partial charge in [0.25, 0.3) is 0 Å². The van der Waals surface area contributed by atoms with Crippen molar-refractivity contribution in [2.45, 2.75) is 37.5 Å². The maximum Gasteiger partial charge on any atom is 0.309 e. The van der Waals surface area contributed by atoms with Gasteiger partial charge >= 0.3 is 5.97 Å². The quantitative estimate of drug-likeness (QED) is 0.290. The van der Waals surface area contributed by atoms with E-state index in [1.807, 2.05) is 14.1 Å². The van der Waals surface area contributed by atoms with Crippen molar-refractivity contribution in [1.29, 1.82) is 0 Å². The Balaban J connectivity index is 3.98. The number of carbonyl (C=O) groups is 1. The Morgan fingerprint density at radius 2 is 1.88 bits per heavy atom. The number of ether oxygens (including phenoxy) is 1. The minimum Gasteiger partial charge on any atom is -0.465 e. The molecule has 0 saturated heterocycles. The van der Waals surface area contributed by atoms with Crippen molar-refractivity contribution in [3.05, 3.63) is 0 Å². The lowest BCUT2D eigenvalue weighted by Crippen LogP contribution is -2.26. The summed E-state index contributed by atoms with van der Waals surface area (Å²) in [6, 6.07) is 0. The third-order valence-corrected chi connectivity index (χ3v) is 3.19. The summed E-state index contributed by atoms with van der Waals surface area (Å²) in [4.78, 5) is 14.0. The summed E-state index contributed by atoms with van der Waals surface area (Å²) in [5, 5.41) is 0. The fourth-order valence-corrected chi connectivity index (χ4v) is 2.20. The molecular formula is C13H26INO2. The van der Waals surface area contributed by atoms with Crippen LogP contribution in [0.2, 0.25) is 0 Å². The summed E-state index contributed by atoms with van der Waals surface area (Å²) in [5.74, 6) is 0.372. The predicted octanol–water partition coefficient (Wildman–Crippen LogP) is 2.97. The Kier molecular flexibility index (Phi) is 9.22. The van der Waals surface area contributed by atoms with E-state index in [1.165, 1.54) is 0 Å². The van der Waals surface area contributed by atoms with Gasteiger partial charge in [-0.25, -0.2) is 0 Å². The van der Waals surface area contributed by atoms with E-state index in [4.69, 9.17) is 4.74 Å². The molecule has 0 radical (unpaired) electrons. The highest BCUT2D eigenvalue weighted by Gasteiger charge is 2.24. The minimum absolute atomic E-state index is 0.0257. The van der Waals surface area contributed by atoms with Gasteiger partial charge in [0.1, 0.15) is 0 Å². The van der Waals surface area contributed by atoms with Crippen LogP contribution in [0.5, 0.6) is 0 Å². The lowest BCUT2D eigenvalue weighted by atomic mass is 9.91. The van der Waals surface area contributed by atoms with Crippen molar-refractivity contribution in [2.75, 3.05) is 27.2 Å². The molecule has 0 N–H and O–H groups in total. The van der Waals surface area contributed by atoms with Gasteiger partial charge in [0, 0.05) is 10.5 Å². The first kappa shape index (κ1) is 17.2. The first-order valence-corrected chi connectivity index (χ1v) is 7.54. The number of hydrogen-bond acceptors (Lipinski definition) is 3. The Labute approximate surface area is 119 Å². The Morgan fingerprint density at radius 1 is 1.29 bits per heavy atom. The van der Waals surface area contributed by atoms with E-state index in [1.54, 1.807) is 0 Å². The molecule has 0 bridgehead atoms. The second kappa shape index (κ2) is 9.14. The van der Waals surface area contributed by atoms with Crippen molar-refractivity contribution >= 4 is 28.6 Å². The average Bonchev–Trinajstić information content (AvgIpc) is 2.19. The van der Waals surface area contributed by atoms with E-state index in [-0.39, 0.29) is 11.9 Å².